The first kappa shape index (κ1) is 24.0. The number of anilines is 1. The second-order valence-corrected chi connectivity index (χ2v) is 9.97. The molecule has 1 amide bonds. The van der Waals surface area contributed by atoms with E-state index in [2.05, 4.69) is 21.2 Å². The van der Waals surface area contributed by atoms with Crippen molar-refractivity contribution in [2.75, 3.05) is 23.7 Å². The van der Waals surface area contributed by atoms with Gasteiger partial charge in [-0.05, 0) is 51.3 Å². The van der Waals surface area contributed by atoms with Gasteiger partial charge in [-0.2, -0.15) is 0 Å². The van der Waals surface area contributed by atoms with E-state index in [1.165, 1.54) is 10.6 Å². The zero-order valence-electron chi connectivity index (χ0n) is 17.7. The number of ether oxygens (including phenoxy) is 1. The largest absolute Gasteiger partial charge is 0.375 e. The Labute approximate surface area is 197 Å². The van der Waals surface area contributed by atoms with Crippen LogP contribution < -0.4 is 9.62 Å². The Morgan fingerprint density at radius 1 is 0.938 bits per heavy atom. The van der Waals surface area contributed by atoms with Crippen LogP contribution in [-0.2, 0) is 27.9 Å². The van der Waals surface area contributed by atoms with Crippen LogP contribution in [0, 0.1) is 0 Å². The maximum absolute atomic E-state index is 12.4. The highest BCUT2D eigenvalue weighted by atomic mass is 79.9. The number of rotatable bonds is 10. The average molecular weight is 517 g/mol. The number of nitrogens with one attached hydrogen (secondary N) is 1. The van der Waals surface area contributed by atoms with Crippen LogP contribution in [0.1, 0.15) is 21.5 Å². The molecule has 0 spiro atoms. The molecule has 8 heteroatoms. The zero-order chi connectivity index (χ0) is 23.0. The molecule has 0 aromatic heterocycles. The fraction of sp³-hybridized carbons (Fsp3) is 0.208. The number of carbonyl (C=O) groups excluding carboxylic acids is 1. The van der Waals surface area contributed by atoms with E-state index in [1.54, 1.807) is 42.5 Å². The quantitative estimate of drug-likeness (QED) is 0.406. The molecule has 0 aliphatic carbocycles. The van der Waals surface area contributed by atoms with Crippen LogP contribution in [-0.4, -0.2) is 33.7 Å². The summed E-state index contributed by atoms with van der Waals surface area (Å²) in [7, 11) is -3.49. The van der Waals surface area contributed by atoms with E-state index in [4.69, 9.17) is 4.74 Å². The molecule has 0 bridgehead atoms. The number of amides is 1. The Morgan fingerprint density at radius 2 is 1.59 bits per heavy atom. The van der Waals surface area contributed by atoms with Crippen LogP contribution >= 0.6 is 15.9 Å². The van der Waals surface area contributed by atoms with Crippen molar-refractivity contribution in [3.8, 4) is 0 Å². The molecule has 0 unspecified atom stereocenters. The van der Waals surface area contributed by atoms with Crippen molar-refractivity contribution in [1.29, 1.82) is 0 Å². The summed E-state index contributed by atoms with van der Waals surface area (Å²) in [5, 5.41) is 2.83. The summed E-state index contributed by atoms with van der Waals surface area (Å²) in [6.45, 7) is 1.47. The van der Waals surface area contributed by atoms with E-state index in [0.29, 0.717) is 35.5 Å². The fourth-order valence-corrected chi connectivity index (χ4v) is 4.58. The van der Waals surface area contributed by atoms with Crippen molar-refractivity contribution in [3.05, 3.63) is 100 Å². The normalized spacial score (nSPS) is 11.2. The molecule has 0 aliphatic heterocycles. The minimum absolute atomic E-state index is 0.163. The number of hydrogen-bond donors (Lipinski definition) is 1. The first-order valence-electron chi connectivity index (χ1n) is 10.1. The standard InChI is InChI=1S/C24H25BrN2O4S/c1-32(29,30)27(23-10-6-5-9-22(23)25)17-19-11-13-21(14-12-19)24(28)26-15-16-31-18-20-7-3-2-4-8-20/h2-14H,15-18H2,1H3,(H,26,28). The van der Waals surface area contributed by atoms with Gasteiger partial charge in [-0.15, -0.1) is 0 Å². The van der Waals surface area contributed by atoms with Crippen LogP contribution in [0.4, 0.5) is 5.69 Å². The Balaban J connectivity index is 1.54. The van der Waals surface area contributed by atoms with Crippen LogP contribution in [0.15, 0.2) is 83.3 Å². The molecule has 0 saturated carbocycles. The van der Waals surface area contributed by atoms with Gasteiger partial charge >= 0.3 is 0 Å². The number of benzene rings is 3. The van der Waals surface area contributed by atoms with Gasteiger partial charge in [-0.25, -0.2) is 8.42 Å². The van der Waals surface area contributed by atoms with E-state index in [1.807, 2.05) is 36.4 Å². The van der Waals surface area contributed by atoms with Gasteiger partial charge in [0.2, 0.25) is 10.0 Å². The summed E-state index contributed by atoms with van der Waals surface area (Å²) in [6.07, 6.45) is 1.17. The molecule has 0 aliphatic rings. The summed E-state index contributed by atoms with van der Waals surface area (Å²) in [5.74, 6) is -0.203. The Kier molecular flexibility index (Phi) is 8.44. The number of nitrogens with zero attached hydrogens (tertiary/aromatic N) is 1. The lowest BCUT2D eigenvalue weighted by Crippen LogP contribution is -2.29. The number of hydrogen-bond acceptors (Lipinski definition) is 4. The van der Waals surface area contributed by atoms with Gasteiger partial charge in [0.1, 0.15) is 0 Å². The Hall–Kier alpha value is -2.68. The van der Waals surface area contributed by atoms with Crippen LogP contribution in [0.3, 0.4) is 0 Å². The molecule has 168 valence electrons. The second-order valence-electron chi connectivity index (χ2n) is 7.21. The van der Waals surface area contributed by atoms with Crippen molar-refractivity contribution >= 4 is 37.5 Å². The summed E-state index contributed by atoms with van der Waals surface area (Å²) >= 11 is 3.41. The van der Waals surface area contributed by atoms with Gasteiger partial charge in [0.25, 0.3) is 5.91 Å². The predicted molar refractivity (Wildman–Crippen MR) is 130 cm³/mol. The molecule has 32 heavy (non-hydrogen) atoms. The van der Waals surface area contributed by atoms with Crippen LogP contribution in [0.25, 0.3) is 0 Å². The average Bonchev–Trinajstić information content (AvgIpc) is 2.78. The van der Waals surface area contributed by atoms with Crippen LogP contribution in [0.5, 0.6) is 0 Å². The minimum atomic E-state index is -3.49. The van der Waals surface area contributed by atoms with Crippen molar-refractivity contribution in [3.63, 3.8) is 0 Å². The molecule has 3 aromatic carbocycles. The highest BCUT2D eigenvalue weighted by molar-refractivity contribution is 9.10. The predicted octanol–water partition coefficient (Wildman–Crippen LogP) is 4.36. The Bertz CT molecular complexity index is 1140. The third-order valence-electron chi connectivity index (χ3n) is 4.71. The topological polar surface area (TPSA) is 75.7 Å². The number of sulfonamides is 1. The third-order valence-corrected chi connectivity index (χ3v) is 6.50. The van der Waals surface area contributed by atoms with E-state index in [9.17, 15) is 13.2 Å². The number of carbonyl (C=O) groups is 1. The molecule has 0 saturated heterocycles. The lowest BCUT2D eigenvalue weighted by atomic mass is 10.1. The summed E-state index contributed by atoms with van der Waals surface area (Å²) in [5.41, 5.74) is 2.92. The van der Waals surface area contributed by atoms with Crippen LogP contribution in [0.2, 0.25) is 0 Å². The van der Waals surface area contributed by atoms with E-state index < -0.39 is 10.0 Å². The smallest absolute Gasteiger partial charge is 0.251 e. The van der Waals surface area contributed by atoms with Gasteiger partial charge in [-0.1, -0.05) is 54.6 Å². The third kappa shape index (κ3) is 6.91. The van der Waals surface area contributed by atoms with E-state index in [0.717, 1.165) is 11.1 Å². The maximum Gasteiger partial charge on any atom is 0.251 e. The van der Waals surface area contributed by atoms with Gasteiger partial charge in [-0.3, -0.25) is 9.10 Å². The van der Waals surface area contributed by atoms with Crippen molar-refractivity contribution in [1.82, 2.24) is 5.32 Å². The molecule has 0 radical (unpaired) electrons. The molecule has 0 fully saturated rings. The van der Waals surface area contributed by atoms with Crippen molar-refractivity contribution < 1.29 is 17.9 Å². The monoisotopic (exact) mass is 516 g/mol. The first-order chi connectivity index (χ1) is 15.3. The summed E-state index contributed by atoms with van der Waals surface area (Å²) in [6, 6.07) is 23.9. The van der Waals surface area contributed by atoms with Crippen molar-refractivity contribution in [2.24, 2.45) is 0 Å². The molecule has 6 nitrogen and oxygen atoms in total. The van der Waals surface area contributed by atoms with Gasteiger partial charge in [0, 0.05) is 16.6 Å². The molecule has 0 atom stereocenters. The van der Waals surface area contributed by atoms with E-state index >= 15 is 0 Å². The van der Waals surface area contributed by atoms with Crippen molar-refractivity contribution in [2.45, 2.75) is 13.2 Å². The maximum atomic E-state index is 12.4. The molecular weight excluding hydrogens is 492 g/mol. The lowest BCUT2D eigenvalue weighted by molar-refractivity contribution is 0.0901. The highest BCUT2D eigenvalue weighted by Gasteiger charge is 2.20. The summed E-state index contributed by atoms with van der Waals surface area (Å²) < 4.78 is 32.3. The molecule has 3 aromatic rings. The molecular formula is C24H25BrN2O4S. The van der Waals surface area contributed by atoms with Gasteiger partial charge in [0.05, 0.1) is 31.7 Å². The SMILES string of the molecule is CS(=O)(=O)N(Cc1ccc(C(=O)NCCOCc2ccccc2)cc1)c1ccccc1Br. The minimum Gasteiger partial charge on any atom is -0.375 e. The molecule has 3 rings (SSSR count). The lowest BCUT2D eigenvalue weighted by Gasteiger charge is -2.23. The van der Waals surface area contributed by atoms with E-state index in [-0.39, 0.29) is 12.5 Å². The fourth-order valence-electron chi connectivity index (χ4n) is 3.07. The summed E-state index contributed by atoms with van der Waals surface area (Å²) in [4.78, 5) is 12.4. The number of halogens is 1. The first-order valence-corrected chi connectivity index (χ1v) is 12.7. The zero-order valence-corrected chi connectivity index (χ0v) is 20.1. The van der Waals surface area contributed by atoms with Gasteiger partial charge < -0.3 is 10.1 Å². The highest BCUT2D eigenvalue weighted by Crippen LogP contribution is 2.29. The molecule has 1 N–H and O–H groups in total. The number of para-hydroxylation sites is 1. The van der Waals surface area contributed by atoms with Gasteiger partial charge in [0.15, 0.2) is 0 Å². The second kappa shape index (κ2) is 11.3. The molecule has 0 heterocycles. The Morgan fingerprint density at radius 3 is 2.25 bits per heavy atom.